The number of aromatic nitrogens is 4. The molecule has 27 heavy (non-hydrogen) atoms. The van der Waals surface area contributed by atoms with Gasteiger partial charge in [0.05, 0.1) is 17.1 Å². The Morgan fingerprint density at radius 2 is 1.78 bits per heavy atom. The normalized spacial score (nSPS) is 11.0. The van der Waals surface area contributed by atoms with Gasteiger partial charge in [0.25, 0.3) is 0 Å². The van der Waals surface area contributed by atoms with E-state index in [4.69, 9.17) is 0 Å². The summed E-state index contributed by atoms with van der Waals surface area (Å²) in [5.74, 6) is -1.65. The molecule has 0 spiro atoms. The Balaban J connectivity index is 1.97. The van der Waals surface area contributed by atoms with E-state index in [1.165, 1.54) is 30.7 Å². The molecule has 0 radical (unpaired) electrons. The molecule has 0 saturated carbocycles. The molecule has 2 aromatic heterocycles. The number of hydrogen-bond acceptors (Lipinski definition) is 5. The zero-order valence-corrected chi connectivity index (χ0v) is 14.0. The lowest BCUT2D eigenvalue weighted by Gasteiger charge is -2.12. The monoisotopic (exact) mass is 367 g/mol. The Morgan fingerprint density at radius 1 is 0.926 bits per heavy atom. The Hall–Kier alpha value is -3.55. The smallest absolute Gasteiger partial charge is 0.182 e. The standard InChI is InChI=1S/C19H12F3N5/c1-23-19-16-14(26-18(27-19)15-9-24-6-7-25-15)5-3-11(17(16)22)12-8-10(20)2-4-13(12)21/h2-9H,1H3,(H,23,26,27). The van der Waals surface area contributed by atoms with E-state index in [0.29, 0.717) is 11.2 Å². The number of anilines is 1. The van der Waals surface area contributed by atoms with Crippen LogP contribution in [0.1, 0.15) is 0 Å². The molecule has 4 aromatic rings. The summed E-state index contributed by atoms with van der Waals surface area (Å²) in [6.45, 7) is 0. The third-order valence-electron chi connectivity index (χ3n) is 4.05. The molecule has 2 heterocycles. The number of fused-ring (bicyclic) bond motifs is 1. The number of nitrogens with zero attached hydrogens (tertiary/aromatic N) is 4. The first-order valence-corrected chi connectivity index (χ1v) is 7.98. The fourth-order valence-corrected chi connectivity index (χ4v) is 2.81. The van der Waals surface area contributed by atoms with Crippen LogP contribution >= 0.6 is 0 Å². The van der Waals surface area contributed by atoms with Crippen molar-refractivity contribution in [2.75, 3.05) is 12.4 Å². The van der Waals surface area contributed by atoms with Crippen molar-refractivity contribution in [3.8, 4) is 22.6 Å². The zero-order chi connectivity index (χ0) is 19.0. The molecule has 0 amide bonds. The minimum absolute atomic E-state index is 0.0753. The van der Waals surface area contributed by atoms with E-state index in [9.17, 15) is 8.78 Å². The van der Waals surface area contributed by atoms with Gasteiger partial charge in [0.15, 0.2) is 5.82 Å². The van der Waals surface area contributed by atoms with Crippen LogP contribution in [0.2, 0.25) is 0 Å². The maximum Gasteiger partial charge on any atom is 0.182 e. The van der Waals surface area contributed by atoms with Crippen molar-refractivity contribution in [3.63, 3.8) is 0 Å². The minimum Gasteiger partial charge on any atom is -0.372 e. The highest BCUT2D eigenvalue weighted by Gasteiger charge is 2.19. The Kier molecular flexibility index (Phi) is 4.15. The number of halogens is 3. The first-order valence-electron chi connectivity index (χ1n) is 7.98. The highest BCUT2D eigenvalue weighted by Crippen LogP contribution is 2.34. The Bertz CT molecular complexity index is 1150. The second-order valence-corrected chi connectivity index (χ2v) is 5.68. The molecule has 0 saturated heterocycles. The van der Waals surface area contributed by atoms with Crippen LogP contribution in [0.4, 0.5) is 19.0 Å². The Labute approximate surface area is 152 Å². The van der Waals surface area contributed by atoms with Crippen molar-refractivity contribution >= 4 is 16.7 Å². The molecule has 0 aliphatic carbocycles. The molecule has 0 aliphatic heterocycles. The summed E-state index contributed by atoms with van der Waals surface area (Å²) in [4.78, 5) is 16.7. The predicted molar refractivity (Wildman–Crippen MR) is 95.4 cm³/mol. The first kappa shape index (κ1) is 16.9. The van der Waals surface area contributed by atoms with Crippen LogP contribution in [0, 0.1) is 17.5 Å². The Morgan fingerprint density at radius 3 is 2.52 bits per heavy atom. The summed E-state index contributed by atoms with van der Waals surface area (Å²) in [7, 11) is 1.58. The van der Waals surface area contributed by atoms with Gasteiger partial charge in [-0.3, -0.25) is 4.98 Å². The maximum atomic E-state index is 15.2. The van der Waals surface area contributed by atoms with Crippen LogP contribution in [0.5, 0.6) is 0 Å². The second kappa shape index (κ2) is 6.64. The van der Waals surface area contributed by atoms with Crippen molar-refractivity contribution < 1.29 is 13.2 Å². The van der Waals surface area contributed by atoms with Gasteiger partial charge >= 0.3 is 0 Å². The van der Waals surface area contributed by atoms with E-state index in [0.717, 1.165) is 18.2 Å². The van der Waals surface area contributed by atoms with Crippen LogP contribution in [0.25, 0.3) is 33.5 Å². The lowest BCUT2D eigenvalue weighted by molar-refractivity contribution is 0.599. The fourth-order valence-electron chi connectivity index (χ4n) is 2.81. The van der Waals surface area contributed by atoms with Crippen molar-refractivity contribution in [2.24, 2.45) is 0 Å². The minimum atomic E-state index is -0.743. The maximum absolute atomic E-state index is 15.2. The van der Waals surface area contributed by atoms with E-state index >= 15 is 4.39 Å². The van der Waals surface area contributed by atoms with Gasteiger partial charge in [0.1, 0.15) is 29.0 Å². The lowest BCUT2D eigenvalue weighted by Crippen LogP contribution is -2.02. The van der Waals surface area contributed by atoms with Crippen LogP contribution in [0.15, 0.2) is 48.9 Å². The molecule has 0 bridgehead atoms. The fraction of sp³-hybridized carbons (Fsp3) is 0.0526. The molecule has 8 heteroatoms. The number of hydrogen-bond donors (Lipinski definition) is 1. The molecule has 5 nitrogen and oxygen atoms in total. The summed E-state index contributed by atoms with van der Waals surface area (Å²) >= 11 is 0. The third-order valence-corrected chi connectivity index (χ3v) is 4.05. The molecule has 134 valence electrons. The molecule has 4 rings (SSSR count). The van der Waals surface area contributed by atoms with Gasteiger partial charge in [0.2, 0.25) is 0 Å². The lowest BCUT2D eigenvalue weighted by atomic mass is 10.0. The van der Waals surface area contributed by atoms with Gasteiger partial charge in [-0.05, 0) is 30.3 Å². The zero-order valence-electron chi connectivity index (χ0n) is 14.0. The molecule has 0 aliphatic rings. The van der Waals surface area contributed by atoms with Gasteiger partial charge in [0, 0.05) is 30.6 Å². The first-order chi connectivity index (χ1) is 13.1. The largest absolute Gasteiger partial charge is 0.372 e. The highest BCUT2D eigenvalue weighted by molar-refractivity contribution is 5.94. The predicted octanol–water partition coefficient (Wildman–Crippen LogP) is 4.21. The van der Waals surface area contributed by atoms with Gasteiger partial charge in [-0.1, -0.05) is 0 Å². The van der Waals surface area contributed by atoms with E-state index in [1.54, 1.807) is 7.05 Å². The molecular formula is C19H12F3N5. The highest BCUT2D eigenvalue weighted by atomic mass is 19.1. The van der Waals surface area contributed by atoms with Crippen molar-refractivity contribution in [2.45, 2.75) is 0 Å². The summed E-state index contributed by atoms with van der Waals surface area (Å²) in [5.41, 5.74) is 0.478. The summed E-state index contributed by atoms with van der Waals surface area (Å²) in [5, 5.41) is 2.89. The molecule has 0 atom stereocenters. The third kappa shape index (κ3) is 2.95. The van der Waals surface area contributed by atoms with E-state index < -0.39 is 17.5 Å². The molecule has 0 unspecified atom stereocenters. The van der Waals surface area contributed by atoms with E-state index in [2.05, 4.69) is 25.3 Å². The van der Waals surface area contributed by atoms with E-state index in [-0.39, 0.29) is 28.2 Å². The number of benzene rings is 2. The van der Waals surface area contributed by atoms with Crippen molar-refractivity contribution in [1.82, 2.24) is 19.9 Å². The average molecular weight is 367 g/mol. The van der Waals surface area contributed by atoms with Gasteiger partial charge in [-0.25, -0.2) is 28.1 Å². The molecule has 0 fully saturated rings. The summed E-state index contributed by atoms with van der Waals surface area (Å²) in [6, 6.07) is 5.78. The topological polar surface area (TPSA) is 63.6 Å². The van der Waals surface area contributed by atoms with Gasteiger partial charge < -0.3 is 5.32 Å². The van der Waals surface area contributed by atoms with E-state index in [1.807, 2.05) is 0 Å². The quantitative estimate of drug-likeness (QED) is 0.588. The molecule has 2 aromatic carbocycles. The number of rotatable bonds is 3. The van der Waals surface area contributed by atoms with Crippen LogP contribution in [-0.2, 0) is 0 Å². The number of nitrogens with one attached hydrogen (secondary N) is 1. The van der Waals surface area contributed by atoms with Crippen molar-refractivity contribution in [1.29, 1.82) is 0 Å². The second-order valence-electron chi connectivity index (χ2n) is 5.68. The van der Waals surface area contributed by atoms with Crippen molar-refractivity contribution in [3.05, 3.63) is 66.4 Å². The SMILES string of the molecule is CNc1nc(-c2cnccn2)nc2ccc(-c3cc(F)ccc3F)c(F)c12. The summed E-state index contributed by atoms with van der Waals surface area (Å²) < 4.78 is 42.8. The van der Waals surface area contributed by atoms with Crippen LogP contribution < -0.4 is 5.32 Å². The van der Waals surface area contributed by atoms with Gasteiger partial charge in [-0.2, -0.15) is 0 Å². The molecule has 1 N–H and O–H groups in total. The average Bonchev–Trinajstić information content (AvgIpc) is 2.70. The van der Waals surface area contributed by atoms with Crippen LogP contribution in [-0.4, -0.2) is 27.0 Å². The summed E-state index contributed by atoms with van der Waals surface area (Å²) in [6.07, 6.45) is 4.51. The molecular weight excluding hydrogens is 355 g/mol. The van der Waals surface area contributed by atoms with Gasteiger partial charge in [-0.15, -0.1) is 0 Å². The van der Waals surface area contributed by atoms with Crippen LogP contribution in [0.3, 0.4) is 0 Å².